The molecule has 3 aromatic carbocycles. The van der Waals surface area contributed by atoms with Gasteiger partial charge in [-0.1, -0.05) is 54.8 Å². The minimum absolute atomic E-state index is 0.0590. The average Bonchev–Trinajstić information content (AvgIpc) is 3.20. The number of rotatable bonds is 7. The molecule has 0 aliphatic carbocycles. The fourth-order valence-electron chi connectivity index (χ4n) is 4.19. The van der Waals surface area contributed by atoms with Crippen molar-refractivity contribution in [3.8, 4) is 5.75 Å². The van der Waals surface area contributed by atoms with E-state index in [1.54, 1.807) is 42.5 Å². The second kappa shape index (κ2) is 11.2. The Morgan fingerprint density at radius 1 is 0.889 bits per heavy atom. The Hall–Kier alpha value is -3.20. The van der Waals surface area contributed by atoms with E-state index >= 15 is 0 Å². The van der Waals surface area contributed by atoms with Gasteiger partial charge in [-0.05, 0) is 49.2 Å². The third kappa shape index (κ3) is 5.61. The lowest BCUT2D eigenvalue weighted by Gasteiger charge is -2.21. The Balaban J connectivity index is 1.66. The summed E-state index contributed by atoms with van der Waals surface area (Å²) in [5, 5.41) is 3.09. The molecular formula is C27H27ClN2O5S. The SMILES string of the molecule is COc1ccc(C(=O)Nc2ccc(Cl)cc2C(=O)c2ccccc2)cc1S(=O)(=O)N1CCCCCC1. The summed E-state index contributed by atoms with van der Waals surface area (Å²) < 4.78 is 33.7. The van der Waals surface area contributed by atoms with Crippen LogP contribution in [-0.4, -0.2) is 44.6 Å². The van der Waals surface area contributed by atoms with Gasteiger partial charge in [0.2, 0.25) is 10.0 Å². The van der Waals surface area contributed by atoms with Gasteiger partial charge in [0.1, 0.15) is 10.6 Å². The van der Waals surface area contributed by atoms with Crippen LogP contribution in [-0.2, 0) is 10.0 Å². The molecule has 0 spiro atoms. The lowest BCUT2D eigenvalue weighted by Crippen LogP contribution is -2.32. The minimum atomic E-state index is -3.86. The number of nitrogens with one attached hydrogen (secondary N) is 1. The lowest BCUT2D eigenvalue weighted by atomic mass is 10.0. The van der Waals surface area contributed by atoms with Crippen molar-refractivity contribution in [1.29, 1.82) is 0 Å². The number of nitrogens with zero attached hydrogens (tertiary/aromatic N) is 1. The lowest BCUT2D eigenvalue weighted by molar-refractivity contribution is 0.102. The molecule has 0 saturated carbocycles. The number of benzene rings is 3. The van der Waals surface area contributed by atoms with Crippen molar-refractivity contribution in [1.82, 2.24) is 4.31 Å². The monoisotopic (exact) mass is 526 g/mol. The maximum atomic E-state index is 13.4. The molecule has 9 heteroatoms. The summed E-state index contributed by atoms with van der Waals surface area (Å²) in [5.41, 5.74) is 1.07. The molecule has 7 nitrogen and oxygen atoms in total. The number of halogens is 1. The highest BCUT2D eigenvalue weighted by atomic mass is 35.5. The molecule has 0 unspecified atom stereocenters. The summed E-state index contributed by atoms with van der Waals surface area (Å²) >= 11 is 6.14. The summed E-state index contributed by atoms with van der Waals surface area (Å²) in [4.78, 5) is 26.3. The van der Waals surface area contributed by atoms with Crippen LogP contribution in [0.4, 0.5) is 5.69 Å². The van der Waals surface area contributed by atoms with Crippen molar-refractivity contribution in [2.24, 2.45) is 0 Å². The van der Waals surface area contributed by atoms with Gasteiger partial charge in [-0.25, -0.2) is 8.42 Å². The quantitative estimate of drug-likeness (QED) is 0.416. The maximum Gasteiger partial charge on any atom is 0.255 e. The van der Waals surface area contributed by atoms with Crippen LogP contribution in [0.3, 0.4) is 0 Å². The number of anilines is 1. The Labute approximate surface area is 216 Å². The number of carbonyl (C=O) groups is 2. The molecule has 0 atom stereocenters. The number of ether oxygens (including phenoxy) is 1. The first-order chi connectivity index (χ1) is 17.3. The van der Waals surface area contributed by atoms with E-state index in [9.17, 15) is 18.0 Å². The zero-order chi connectivity index (χ0) is 25.7. The standard InChI is InChI=1S/C27H27ClN2O5S/c1-35-24-14-11-20(17-25(24)36(33,34)30-15-7-2-3-8-16-30)27(32)29-23-13-12-21(28)18-22(23)26(31)19-9-5-4-6-10-19/h4-6,9-14,17-18H,2-3,7-8,15-16H2,1H3,(H,29,32). The van der Waals surface area contributed by atoms with Gasteiger partial charge in [-0.3, -0.25) is 9.59 Å². The van der Waals surface area contributed by atoms with Crippen LogP contribution in [0.1, 0.15) is 52.0 Å². The van der Waals surface area contributed by atoms with E-state index in [0.717, 1.165) is 25.7 Å². The number of ketones is 1. The van der Waals surface area contributed by atoms with Crippen molar-refractivity contribution < 1.29 is 22.7 Å². The molecule has 1 saturated heterocycles. The fourth-order valence-corrected chi connectivity index (χ4v) is 6.06. The molecule has 1 fully saturated rings. The molecule has 4 rings (SSSR count). The maximum absolute atomic E-state index is 13.4. The molecule has 0 bridgehead atoms. The van der Waals surface area contributed by atoms with E-state index in [1.807, 2.05) is 0 Å². The minimum Gasteiger partial charge on any atom is -0.495 e. The summed E-state index contributed by atoms with van der Waals surface area (Å²) in [5.74, 6) is -0.691. The topological polar surface area (TPSA) is 92.8 Å². The van der Waals surface area contributed by atoms with Crippen LogP contribution < -0.4 is 10.1 Å². The number of sulfonamides is 1. The molecule has 0 radical (unpaired) electrons. The van der Waals surface area contributed by atoms with Crippen molar-refractivity contribution in [3.05, 3.63) is 88.4 Å². The number of hydrogen-bond donors (Lipinski definition) is 1. The number of carbonyl (C=O) groups excluding carboxylic acids is 2. The van der Waals surface area contributed by atoms with Gasteiger partial charge in [-0.2, -0.15) is 4.31 Å². The van der Waals surface area contributed by atoms with Gasteiger partial charge in [0, 0.05) is 34.8 Å². The normalized spacial score (nSPS) is 14.6. The van der Waals surface area contributed by atoms with E-state index in [4.69, 9.17) is 16.3 Å². The molecule has 36 heavy (non-hydrogen) atoms. The van der Waals surface area contributed by atoms with Crippen molar-refractivity contribution in [3.63, 3.8) is 0 Å². The van der Waals surface area contributed by atoms with Gasteiger partial charge in [-0.15, -0.1) is 0 Å². The second-order valence-electron chi connectivity index (χ2n) is 8.52. The second-order valence-corrected chi connectivity index (χ2v) is 10.9. The van der Waals surface area contributed by atoms with Crippen LogP contribution in [0.15, 0.2) is 71.6 Å². The first-order valence-corrected chi connectivity index (χ1v) is 13.5. The molecule has 0 aromatic heterocycles. The largest absolute Gasteiger partial charge is 0.495 e. The van der Waals surface area contributed by atoms with Crippen LogP contribution in [0.2, 0.25) is 5.02 Å². The molecule has 1 N–H and O–H groups in total. The molecule has 1 aliphatic heterocycles. The van der Waals surface area contributed by atoms with E-state index in [-0.39, 0.29) is 33.2 Å². The predicted molar refractivity (Wildman–Crippen MR) is 140 cm³/mol. The van der Waals surface area contributed by atoms with Crippen LogP contribution in [0.25, 0.3) is 0 Å². The fraction of sp³-hybridized carbons (Fsp3) is 0.259. The van der Waals surface area contributed by atoms with E-state index in [2.05, 4.69) is 5.32 Å². The zero-order valence-electron chi connectivity index (χ0n) is 19.9. The summed E-state index contributed by atoms with van der Waals surface area (Å²) in [6.45, 7) is 0.856. The number of hydrogen-bond acceptors (Lipinski definition) is 5. The zero-order valence-corrected chi connectivity index (χ0v) is 21.4. The Morgan fingerprint density at radius 3 is 2.25 bits per heavy atom. The van der Waals surface area contributed by atoms with Crippen LogP contribution in [0.5, 0.6) is 5.75 Å². The van der Waals surface area contributed by atoms with E-state index < -0.39 is 15.9 Å². The molecule has 188 valence electrons. The van der Waals surface area contributed by atoms with E-state index in [0.29, 0.717) is 23.7 Å². The Kier molecular flexibility index (Phi) is 8.08. The van der Waals surface area contributed by atoms with Gasteiger partial charge in [0.25, 0.3) is 5.91 Å². The number of methoxy groups -OCH3 is 1. The van der Waals surface area contributed by atoms with Crippen LogP contribution in [0, 0.1) is 0 Å². The summed E-state index contributed by atoms with van der Waals surface area (Å²) in [7, 11) is -2.47. The molecule has 1 heterocycles. The number of amides is 1. The van der Waals surface area contributed by atoms with Crippen LogP contribution >= 0.6 is 11.6 Å². The van der Waals surface area contributed by atoms with Crippen molar-refractivity contribution in [2.75, 3.05) is 25.5 Å². The Morgan fingerprint density at radius 2 is 1.58 bits per heavy atom. The first-order valence-electron chi connectivity index (χ1n) is 11.7. The molecule has 1 amide bonds. The van der Waals surface area contributed by atoms with Gasteiger partial charge in [0.15, 0.2) is 5.78 Å². The summed E-state index contributed by atoms with van der Waals surface area (Å²) in [6, 6.07) is 17.6. The third-order valence-corrected chi connectivity index (χ3v) is 8.27. The molecule has 1 aliphatic rings. The smallest absolute Gasteiger partial charge is 0.255 e. The highest BCUT2D eigenvalue weighted by Crippen LogP contribution is 2.30. The van der Waals surface area contributed by atoms with E-state index in [1.165, 1.54) is 35.7 Å². The summed E-state index contributed by atoms with van der Waals surface area (Å²) in [6.07, 6.45) is 3.54. The average molecular weight is 527 g/mol. The highest BCUT2D eigenvalue weighted by molar-refractivity contribution is 7.89. The van der Waals surface area contributed by atoms with Crippen molar-refractivity contribution >= 4 is 39.0 Å². The van der Waals surface area contributed by atoms with Crippen molar-refractivity contribution in [2.45, 2.75) is 30.6 Å². The van der Waals surface area contributed by atoms with Gasteiger partial charge >= 0.3 is 0 Å². The Bertz CT molecular complexity index is 1370. The first kappa shape index (κ1) is 25.9. The van der Waals surface area contributed by atoms with Gasteiger partial charge < -0.3 is 10.1 Å². The molecular weight excluding hydrogens is 500 g/mol. The molecule has 3 aromatic rings. The van der Waals surface area contributed by atoms with Gasteiger partial charge in [0.05, 0.1) is 12.8 Å². The highest BCUT2D eigenvalue weighted by Gasteiger charge is 2.29. The third-order valence-electron chi connectivity index (χ3n) is 6.12. The predicted octanol–water partition coefficient (Wildman–Crippen LogP) is 5.40.